The van der Waals surface area contributed by atoms with Gasteiger partial charge >= 0.3 is 0 Å². The lowest BCUT2D eigenvalue weighted by Gasteiger charge is -2.11. The van der Waals surface area contributed by atoms with Crippen molar-refractivity contribution >= 4 is 33.5 Å². The van der Waals surface area contributed by atoms with E-state index >= 15 is 0 Å². The van der Waals surface area contributed by atoms with Crippen LogP contribution in [-0.2, 0) is 7.05 Å². The SMILES string of the molecule is C/C(C#N)=C1/c2ccccc2-c2ccc(-c3ccc4c(c3)c(C3CC3)c(/C=C\N)n4-c3ccc4c(ccn4C)c3)cc21. The number of allylic oxidation sites excluding steroid dienone is 1. The fraction of sp³-hybridized carbons (Fsp3) is 0.132. The lowest BCUT2D eigenvalue weighted by molar-refractivity contribution is 0.968. The molecule has 2 heterocycles. The summed E-state index contributed by atoms with van der Waals surface area (Å²) in [6.45, 7) is 1.92. The fourth-order valence-electron chi connectivity index (χ4n) is 6.96. The molecule has 4 aromatic carbocycles. The van der Waals surface area contributed by atoms with Crippen molar-refractivity contribution in [3.05, 3.63) is 125 Å². The van der Waals surface area contributed by atoms with Crippen molar-refractivity contribution in [2.75, 3.05) is 0 Å². The van der Waals surface area contributed by atoms with Gasteiger partial charge in [0.1, 0.15) is 0 Å². The van der Waals surface area contributed by atoms with E-state index < -0.39 is 0 Å². The summed E-state index contributed by atoms with van der Waals surface area (Å²) >= 11 is 0. The zero-order valence-electron chi connectivity index (χ0n) is 23.7. The number of rotatable bonds is 4. The summed E-state index contributed by atoms with van der Waals surface area (Å²) in [5.74, 6) is 0.540. The highest BCUT2D eigenvalue weighted by molar-refractivity contribution is 6.04. The molecule has 1 fully saturated rings. The number of nitrogens with zero attached hydrogens (tertiary/aromatic N) is 3. The first-order valence-corrected chi connectivity index (χ1v) is 14.5. The van der Waals surface area contributed by atoms with Crippen molar-refractivity contribution in [1.29, 1.82) is 5.26 Å². The van der Waals surface area contributed by atoms with Crippen LogP contribution in [0.2, 0.25) is 0 Å². The smallest absolute Gasteiger partial charge is 0.0950 e. The zero-order valence-corrected chi connectivity index (χ0v) is 23.7. The van der Waals surface area contributed by atoms with Gasteiger partial charge in [0, 0.05) is 46.4 Å². The van der Waals surface area contributed by atoms with Gasteiger partial charge in [-0.05, 0) is 119 Å². The van der Waals surface area contributed by atoms with Crippen LogP contribution >= 0.6 is 0 Å². The van der Waals surface area contributed by atoms with Crippen LogP contribution in [0.4, 0.5) is 0 Å². The van der Waals surface area contributed by atoms with Crippen molar-refractivity contribution < 1.29 is 0 Å². The normalized spacial score (nSPS) is 15.4. The summed E-state index contributed by atoms with van der Waals surface area (Å²) in [7, 11) is 2.08. The molecule has 2 aliphatic carbocycles. The van der Waals surface area contributed by atoms with Gasteiger partial charge in [-0.2, -0.15) is 5.26 Å². The van der Waals surface area contributed by atoms with E-state index in [4.69, 9.17) is 5.73 Å². The molecular formula is C38H30N4. The molecule has 0 spiro atoms. The molecule has 42 heavy (non-hydrogen) atoms. The third-order valence-corrected chi connectivity index (χ3v) is 9.06. The molecule has 0 bridgehead atoms. The molecule has 0 atom stereocenters. The van der Waals surface area contributed by atoms with Crippen LogP contribution in [-0.4, -0.2) is 9.13 Å². The summed E-state index contributed by atoms with van der Waals surface area (Å²) in [5.41, 5.74) is 20.9. The molecule has 4 nitrogen and oxygen atoms in total. The Kier molecular flexibility index (Phi) is 5.33. The molecule has 2 N–H and O–H groups in total. The van der Waals surface area contributed by atoms with Crippen LogP contribution in [0.25, 0.3) is 61.4 Å². The Labute approximate surface area is 245 Å². The average molecular weight is 543 g/mol. The van der Waals surface area contributed by atoms with Crippen LogP contribution in [0.1, 0.15) is 48.1 Å². The van der Waals surface area contributed by atoms with Crippen molar-refractivity contribution in [3.63, 3.8) is 0 Å². The first-order chi connectivity index (χ1) is 20.6. The predicted octanol–water partition coefficient (Wildman–Crippen LogP) is 8.92. The maximum Gasteiger partial charge on any atom is 0.0950 e. The minimum Gasteiger partial charge on any atom is -0.405 e. The Morgan fingerprint density at radius 3 is 2.38 bits per heavy atom. The average Bonchev–Trinajstić information content (AvgIpc) is 3.61. The summed E-state index contributed by atoms with van der Waals surface area (Å²) in [6, 6.07) is 33.2. The Morgan fingerprint density at radius 2 is 1.60 bits per heavy atom. The Hall–Kier alpha value is -5.27. The van der Waals surface area contributed by atoms with Gasteiger partial charge in [-0.3, -0.25) is 0 Å². The van der Waals surface area contributed by atoms with E-state index in [2.05, 4.69) is 119 Å². The van der Waals surface area contributed by atoms with Gasteiger partial charge in [-0.1, -0.05) is 42.5 Å². The molecule has 0 saturated heterocycles. The molecular weight excluding hydrogens is 512 g/mol. The van der Waals surface area contributed by atoms with Crippen LogP contribution in [0.5, 0.6) is 0 Å². The molecule has 0 amide bonds. The van der Waals surface area contributed by atoms with Crippen LogP contribution in [0.15, 0.2) is 103 Å². The third-order valence-electron chi connectivity index (χ3n) is 9.06. The summed E-state index contributed by atoms with van der Waals surface area (Å²) < 4.78 is 4.53. The first kappa shape index (κ1) is 24.5. The number of fused-ring (bicyclic) bond motifs is 5. The summed E-state index contributed by atoms with van der Waals surface area (Å²) in [5, 5.41) is 12.3. The number of nitrogens with two attached hydrogens (primary N) is 1. The number of nitriles is 1. The Bertz CT molecular complexity index is 2190. The number of aromatic nitrogens is 2. The van der Waals surface area contributed by atoms with Crippen molar-refractivity contribution in [2.45, 2.75) is 25.7 Å². The van der Waals surface area contributed by atoms with Gasteiger partial charge in [-0.25, -0.2) is 0 Å². The number of aryl methyl sites for hydroxylation is 1. The standard InChI is InChI=1S/C38H30N4/c1-23(22-40)37-31-6-4-3-5-29(31)30-12-9-25(20-32(30)37)26-10-13-35-33(21-26)38(24-7-8-24)36(15-17-39)42(35)28-11-14-34-27(19-28)16-18-41(34)2/h3-6,9-21,24H,7-8,39H2,1-2H3/b17-15-,37-23+. The molecule has 202 valence electrons. The van der Waals surface area contributed by atoms with E-state index in [1.165, 1.54) is 62.6 Å². The van der Waals surface area contributed by atoms with Crippen LogP contribution < -0.4 is 5.73 Å². The first-order valence-electron chi connectivity index (χ1n) is 14.5. The molecule has 1 saturated carbocycles. The van der Waals surface area contributed by atoms with Gasteiger partial charge < -0.3 is 14.9 Å². The summed E-state index contributed by atoms with van der Waals surface area (Å²) in [4.78, 5) is 0. The number of benzene rings is 4. The molecule has 0 aliphatic heterocycles. The quantitative estimate of drug-likeness (QED) is 0.226. The van der Waals surface area contributed by atoms with Crippen LogP contribution in [0.3, 0.4) is 0 Å². The van der Waals surface area contributed by atoms with E-state index in [0.29, 0.717) is 5.92 Å². The Morgan fingerprint density at radius 1 is 0.857 bits per heavy atom. The van der Waals surface area contributed by atoms with Gasteiger partial charge in [0.2, 0.25) is 0 Å². The van der Waals surface area contributed by atoms with Gasteiger partial charge in [0.05, 0.1) is 17.3 Å². The Balaban J connectivity index is 1.33. The second-order valence-electron chi connectivity index (χ2n) is 11.6. The van der Waals surface area contributed by atoms with Crippen molar-refractivity contribution in [3.8, 4) is 34.0 Å². The topological polar surface area (TPSA) is 59.7 Å². The number of hydrogen-bond donors (Lipinski definition) is 1. The van der Waals surface area contributed by atoms with E-state index in [9.17, 15) is 5.26 Å². The second kappa shape index (κ2) is 9.12. The van der Waals surface area contributed by atoms with Crippen molar-refractivity contribution in [2.24, 2.45) is 12.8 Å². The molecule has 0 unspecified atom stereocenters. The molecule has 4 heteroatoms. The number of hydrogen-bond acceptors (Lipinski definition) is 2. The summed E-state index contributed by atoms with van der Waals surface area (Å²) in [6.07, 6.45) is 8.24. The van der Waals surface area contributed by atoms with Crippen LogP contribution in [0, 0.1) is 11.3 Å². The minimum atomic E-state index is 0.540. The lowest BCUT2D eigenvalue weighted by Crippen LogP contribution is -1.98. The molecule has 8 rings (SSSR count). The predicted molar refractivity (Wildman–Crippen MR) is 173 cm³/mol. The van der Waals surface area contributed by atoms with Gasteiger partial charge in [-0.15, -0.1) is 0 Å². The fourth-order valence-corrected chi connectivity index (χ4v) is 6.96. The molecule has 0 radical (unpaired) electrons. The second-order valence-corrected chi connectivity index (χ2v) is 11.6. The highest BCUT2D eigenvalue weighted by Gasteiger charge is 2.31. The van der Waals surface area contributed by atoms with E-state index in [1.807, 2.05) is 6.92 Å². The highest BCUT2D eigenvalue weighted by atomic mass is 15.0. The van der Waals surface area contributed by atoms with Gasteiger partial charge in [0.25, 0.3) is 0 Å². The monoisotopic (exact) mass is 542 g/mol. The van der Waals surface area contributed by atoms with Gasteiger partial charge in [0.15, 0.2) is 0 Å². The molecule has 2 aliphatic rings. The van der Waals surface area contributed by atoms with E-state index in [0.717, 1.165) is 33.5 Å². The maximum absolute atomic E-state index is 9.84. The van der Waals surface area contributed by atoms with Crippen molar-refractivity contribution in [1.82, 2.24) is 9.13 Å². The molecule has 2 aromatic heterocycles. The zero-order chi connectivity index (χ0) is 28.5. The van der Waals surface area contributed by atoms with E-state index in [-0.39, 0.29) is 0 Å². The van der Waals surface area contributed by atoms with E-state index in [1.54, 1.807) is 6.20 Å². The lowest BCUT2D eigenvalue weighted by atomic mass is 9.94. The largest absolute Gasteiger partial charge is 0.405 e. The maximum atomic E-state index is 9.84. The highest BCUT2D eigenvalue weighted by Crippen LogP contribution is 2.49. The minimum absolute atomic E-state index is 0.540. The molecule has 6 aromatic rings. The third kappa shape index (κ3) is 3.53.